The quantitative estimate of drug-likeness (QED) is 0.648. The molecule has 0 aliphatic heterocycles. The normalized spacial score (nSPS) is 16.9. The molecular weight excluding hydrogens is 190 g/mol. The molecule has 0 fully saturated rings. The Morgan fingerprint density at radius 3 is 2.60 bits per heavy atom. The first-order valence-electron chi connectivity index (χ1n) is 4.38. The highest BCUT2D eigenvalue weighted by Crippen LogP contribution is 2.27. The first kappa shape index (κ1) is 9.22. The number of hydrogen-bond acceptors (Lipinski definition) is 3. The first-order valence-corrected chi connectivity index (χ1v) is 4.38. The van der Waals surface area contributed by atoms with Crippen molar-refractivity contribution in [3.05, 3.63) is 53.3 Å². The summed E-state index contributed by atoms with van der Waals surface area (Å²) in [5.74, 6) is -0.726. The largest absolute Gasteiger partial charge is 0.504 e. The van der Waals surface area contributed by atoms with E-state index in [0.29, 0.717) is 16.7 Å². The Morgan fingerprint density at radius 2 is 1.93 bits per heavy atom. The first-order chi connectivity index (χ1) is 7.24. The molecule has 0 saturated carbocycles. The van der Waals surface area contributed by atoms with Crippen LogP contribution in [0.5, 0.6) is 0 Å². The third-order valence-corrected chi connectivity index (χ3v) is 2.23. The van der Waals surface area contributed by atoms with Gasteiger partial charge in [-0.15, -0.1) is 0 Å². The van der Waals surface area contributed by atoms with Crippen molar-refractivity contribution in [1.82, 2.24) is 0 Å². The summed E-state index contributed by atoms with van der Waals surface area (Å²) in [7, 11) is 0. The number of aliphatic hydroxyl groups excluding tert-OH is 1. The van der Waals surface area contributed by atoms with Crippen molar-refractivity contribution in [2.75, 3.05) is 0 Å². The van der Waals surface area contributed by atoms with Gasteiger partial charge in [-0.25, -0.2) is 0 Å². The Morgan fingerprint density at radius 1 is 1.27 bits per heavy atom. The summed E-state index contributed by atoms with van der Waals surface area (Å²) in [6.45, 7) is 0. The third-order valence-electron chi connectivity index (χ3n) is 2.23. The van der Waals surface area contributed by atoms with E-state index < -0.39 is 5.78 Å². The zero-order valence-corrected chi connectivity index (χ0v) is 7.77. The summed E-state index contributed by atoms with van der Waals surface area (Å²) in [5.41, 5.74) is 1.67. The fourth-order valence-electron chi connectivity index (χ4n) is 1.55. The molecular formula is C12H7NO2. The second-order valence-electron chi connectivity index (χ2n) is 3.13. The smallest absolute Gasteiger partial charge is 0.227 e. The maximum absolute atomic E-state index is 11.5. The average molecular weight is 197 g/mol. The number of fused-ring (bicyclic) bond motifs is 1. The molecule has 0 bridgehead atoms. The topological polar surface area (TPSA) is 61.1 Å². The van der Waals surface area contributed by atoms with Crippen LogP contribution >= 0.6 is 0 Å². The molecule has 0 spiro atoms. The number of benzene rings is 1. The van der Waals surface area contributed by atoms with E-state index in [4.69, 9.17) is 5.26 Å². The van der Waals surface area contributed by atoms with Crippen molar-refractivity contribution in [2.45, 2.75) is 0 Å². The number of nitriles is 1. The number of carbonyl (C=O) groups excluding carboxylic acids is 1. The molecule has 0 amide bonds. The number of ketones is 1. The van der Waals surface area contributed by atoms with Gasteiger partial charge in [0.1, 0.15) is 0 Å². The van der Waals surface area contributed by atoms with Crippen LogP contribution in [-0.4, -0.2) is 10.9 Å². The van der Waals surface area contributed by atoms with E-state index in [0.717, 1.165) is 0 Å². The van der Waals surface area contributed by atoms with Crippen LogP contribution in [0.15, 0.2) is 42.2 Å². The Labute approximate surface area is 86.6 Å². The number of nitrogens with zero attached hydrogens (tertiary/aromatic N) is 1. The molecule has 0 heterocycles. The molecule has 0 unspecified atom stereocenters. The van der Waals surface area contributed by atoms with Crippen molar-refractivity contribution < 1.29 is 9.90 Å². The van der Waals surface area contributed by atoms with Gasteiger partial charge in [0.25, 0.3) is 0 Å². The predicted octanol–water partition coefficient (Wildman–Crippen LogP) is 2.23. The Hall–Kier alpha value is -2.34. The summed E-state index contributed by atoms with van der Waals surface area (Å²) in [4.78, 5) is 11.5. The molecule has 1 aliphatic rings. The number of aliphatic hydroxyl groups is 1. The van der Waals surface area contributed by atoms with Crippen molar-refractivity contribution in [2.24, 2.45) is 0 Å². The molecule has 72 valence electrons. The highest BCUT2D eigenvalue weighted by molar-refractivity contribution is 6.14. The molecule has 3 heteroatoms. The Kier molecular flexibility index (Phi) is 2.11. The van der Waals surface area contributed by atoms with E-state index in [2.05, 4.69) is 0 Å². The van der Waals surface area contributed by atoms with Crippen molar-refractivity contribution >= 4 is 11.4 Å². The Bertz CT molecular complexity index is 533. The van der Waals surface area contributed by atoms with Crippen LogP contribution in [0.1, 0.15) is 15.9 Å². The predicted molar refractivity (Wildman–Crippen MR) is 55.1 cm³/mol. The molecule has 2 rings (SSSR count). The summed E-state index contributed by atoms with van der Waals surface area (Å²) in [6.07, 6.45) is 2.62. The Balaban J connectivity index is 2.70. The van der Waals surface area contributed by atoms with Crippen molar-refractivity contribution in [1.29, 1.82) is 5.26 Å². The minimum absolute atomic E-state index is 0.324. The molecule has 0 atom stereocenters. The fourth-order valence-corrected chi connectivity index (χ4v) is 1.55. The minimum Gasteiger partial charge on any atom is -0.504 e. The van der Waals surface area contributed by atoms with Gasteiger partial charge in [-0.2, -0.15) is 5.26 Å². The van der Waals surface area contributed by atoms with E-state index in [1.165, 1.54) is 12.2 Å². The zero-order chi connectivity index (χ0) is 10.8. The van der Waals surface area contributed by atoms with E-state index in [1.54, 1.807) is 24.3 Å². The molecule has 1 N–H and O–H groups in total. The molecule has 1 aromatic rings. The standard InChI is InChI=1S/C12H7NO2/c13-6-5-8-7-11(14)12(15)10-4-2-1-3-9(8)10/h1-5,7,14H/b8-5+. The van der Waals surface area contributed by atoms with Crippen molar-refractivity contribution in [3.63, 3.8) is 0 Å². The van der Waals surface area contributed by atoms with Crippen LogP contribution in [0.4, 0.5) is 0 Å². The van der Waals surface area contributed by atoms with Gasteiger partial charge in [-0.05, 0) is 17.2 Å². The van der Waals surface area contributed by atoms with Crippen molar-refractivity contribution in [3.8, 4) is 6.07 Å². The van der Waals surface area contributed by atoms with E-state index in [1.807, 2.05) is 6.07 Å². The third kappa shape index (κ3) is 1.42. The van der Waals surface area contributed by atoms with Gasteiger partial charge >= 0.3 is 0 Å². The molecule has 3 nitrogen and oxygen atoms in total. The zero-order valence-electron chi connectivity index (χ0n) is 7.77. The van der Waals surface area contributed by atoms with Gasteiger partial charge in [-0.3, -0.25) is 4.79 Å². The van der Waals surface area contributed by atoms with Gasteiger partial charge in [0.15, 0.2) is 5.76 Å². The number of carbonyl (C=O) groups is 1. The number of rotatable bonds is 0. The minimum atomic E-state index is -0.402. The molecule has 15 heavy (non-hydrogen) atoms. The molecule has 1 aromatic carbocycles. The second kappa shape index (κ2) is 3.43. The highest BCUT2D eigenvalue weighted by Gasteiger charge is 2.21. The summed E-state index contributed by atoms with van der Waals surface area (Å²) in [5, 5.41) is 18.0. The van der Waals surface area contributed by atoms with Crippen LogP contribution in [0, 0.1) is 11.3 Å². The van der Waals surface area contributed by atoms with Crippen LogP contribution in [-0.2, 0) is 0 Å². The van der Waals surface area contributed by atoms with Gasteiger partial charge in [-0.1, -0.05) is 24.3 Å². The highest BCUT2D eigenvalue weighted by atomic mass is 16.3. The van der Waals surface area contributed by atoms with E-state index in [-0.39, 0.29) is 5.76 Å². The van der Waals surface area contributed by atoms with E-state index in [9.17, 15) is 9.90 Å². The summed E-state index contributed by atoms with van der Waals surface area (Å²) < 4.78 is 0. The lowest BCUT2D eigenvalue weighted by molar-refractivity contribution is 0.0976. The lowest BCUT2D eigenvalue weighted by Gasteiger charge is -2.13. The van der Waals surface area contributed by atoms with Gasteiger partial charge < -0.3 is 5.11 Å². The SMILES string of the molecule is N#C/C=C1\C=C(O)C(=O)c2ccccc21. The fraction of sp³-hybridized carbons (Fsp3) is 0. The molecule has 0 aromatic heterocycles. The summed E-state index contributed by atoms with van der Waals surface area (Å²) >= 11 is 0. The lowest BCUT2D eigenvalue weighted by atomic mass is 9.90. The summed E-state index contributed by atoms with van der Waals surface area (Å²) in [6, 6.07) is 8.77. The van der Waals surface area contributed by atoms with E-state index >= 15 is 0 Å². The second-order valence-corrected chi connectivity index (χ2v) is 3.13. The maximum Gasteiger partial charge on any atom is 0.227 e. The van der Waals surface area contributed by atoms with Crippen LogP contribution in [0.2, 0.25) is 0 Å². The molecule has 0 saturated heterocycles. The lowest BCUT2D eigenvalue weighted by Crippen LogP contribution is -2.10. The van der Waals surface area contributed by atoms with Crippen LogP contribution < -0.4 is 0 Å². The number of allylic oxidation sites excluding steroid dienone is 4. The maximum atomic E-state index is 11.5. The van der Waals surface area contributed by atoms with Crippen LogP contribution in [0.3, 0.4) is 0 Å². The van der Waals surface area contributed by atoms with Gasteiger partial charge in [0.05, 0.1) is 6.07 Å². The number of Topliss-reactive ketones (excluding diaryl/α,β-unsaturated/α-hetero) is 1. The van der Waals surface area contributed by atoms with Crippen LogP contribution in [0.25, 0.3) is 5.57 Å². The van der Waals surface area contributed by atoms with Gasteiger partial charge in [0.2, 0.25) is 5.78 Å². The monoisotopic (exact) mass is 197 g/mol. The average Bonchev–Trinajstić information content (AvgIpc) is 2.26. The molecule has 1 aliphatic carbocycles. The molecule has 0 radical (unpaired) electrons. The van der Waals surface area contributed by atoms with Gasteiger partial charge in [0, 0.05) is 11.6 Å². The number of hydrogen-bond donors (Lipinski definition) is 1.